The Balaban J connectivity index is 1.67. The number of aliphatic hydroxyl groups is 1. The van der Waals surface area contributed by atoms with E-state index in [1.165, 1.54) is 36.7 Å². The standard InChI is InChI=1S/C28H35N3O8S3/c1-19-16-31(20(2)18-32)27(33)15-21-14-22(29-41(34,35)28-6-5-13-40-28)7-12-25(21)39-26(19)17-30(3)42(36,37)24-10-8-23(38-4)9-11-24/h5-14,19-20,26,29,32H,15-18H2,1-4H3/t19-,20-,26+/m0/s1. The molecule has 228 valence electrons. The average molecular weight is 638 g/mol. The van der Waals surface area contributed by atoms with Gasteiger partial charge in [0.25, 0.3) is 10.0 Å². The van der Waals surface area contributed by atoms with Crippen molar-refractivity contribution in [3.63, 3.8) is 0 Å². The first-order valence-electron chi connectivity index (χ1n) is 13.2. The van der Waals surface area contributed by atoms with Crippen molar-refractivity contribution >= 4 is 43.0 Å². The zero-order chi connectivity index (χ0) is 30.7. The number of rotatable bonds is 10. The molecule has 2 heterocycles. The molecule has 0 bridgehead atoms. The molecule has 0 unspecified atom stereocenters. The molecule has 0 radical (unpaired) electrons. The summed E-state index contributed by atoms with van der Waals surface area (Å²) in [6.07, 6.45) is -0.789. The summed E-state index contributed by atoms with van der Waals surface area (Å²) in [5, 5.41) is 11.5. The second-order valence-electron chi connectivity index (χ2n) is 10.2. The number of sulfonamides is 2. The van der Waals surface area contributed by atoms with Gasteiger partial charge in [-0.1, -0.05) is 13.0 Å². The van der Waals surface area contributed by atoms with Crippen LogP contribution in [0.3, 0.4) is 0 Å². The highest BCUT2D eigenvalue weighted by molar-refractivity contribution is 7.94. The topological polar surface area (TPSA) is 143 Å². The van der Waals surface area contributed by atoms with Gasteiger partial charge in [0, 0.05) is 30.8 Å². The Morgan fingerprint density at radius 2 is 1.88 bits per heavy atom. The first-order chi connectivity index (χ1) is 19.8. The number of benzene rings is 2. The van der Waals surface area contributed by atoms with Gasteiger partial charge in [0.15, 0.2) is 0 Å². The molecule has 1 aliphatic heterocycles. The molecular weight excluding hydrogens is 603 g/mol. The number of ether oxygens (including phenoxy) is 2. The van der Waals surface area contributed by atoms with E-state index in [-0.39, 0.29) is 52.7 Å². The number of hydrogen-bond donors (Lipinski definition) is 2. The molecule has 2 N–H and O–H groups in total. The van der Waals surface area contributed by atoms with Gasteiger partial charge in [0.05, 0.1) is 37.6 Å². The number of aliphatic hydroxyl groups excluding tert-OH is 1. The summed E-state index contributed by atoms with van der Waals surface area (Å²) in [5.74, 6) is 0.264. The molecule has 1 amide bonds. The first kappa shape index (κ1) is 31.8. The lowest BCUT2D eigenvalue weighted by Crippen LogP contribution is -2.48. The third-order valence-corrected chi connectivity index (χ3v) is 11.7. The largest absolute Gasteiger partial charge is 0.497 e. The summed E-state index contributed by atoms with van der Waals surface area (Å²) in [4.78, 5) is 15.1. The van der Waals surface area contributed by atoms with Crippen LogP contribution in [-0.2, 0) is 31.3 Å². The molecule has 3 atom stereocenters. The maximum atomic E-state index is 13.4. The van der Waals surface area contributed by atoms with Crippen molar-refractivity contribution in [2.24, 2.45) is 5.92 Å². The van der Waals surface area contributed by atoms with Crippen LogP contribution in [0.1, 0.15) is 19.4 Å². The fourth-order valence-corrected chi connectivity index (χ4v) is 7.84. The molecule has 2 aromatic carbocycles. The number of likely N-dealkylation sites (N-methyl/N-ethyl adjacent to an activating group) is 1. The Bertz CT molecular complexity index is 1590. The van der Waals surface area contributed by atoms with E-state index in [9.17, 15) is 26.7 Å². The zero-order valence-electron chi connectivity index (χ0n) is 23.8. The number of methoxy groups -OCH3 is 1. The van der Waals surface area contributed by atoms with Gasteiger partial charge in [-0.3, -0.25) is 9.52 Å². The second-order valence-corrected chi connectivity index (χ2v) is 15.1. The van der Waals surface area contributed by atoms with Gasteiger partial charge in [-0.25, -0.2) is 16.8 Å². The van der Waals surface area contributed by atoms with Crippen LogP contribution in [0.5, 0.6) is 11.5 Å². The van der Waals surface area contributed by atoms with Crippen molar-refractivity contribution < 1.29 is 36.2 Å². The Morgan fingerprint density at radius 3 is 2.50 bits per heavy atom. The summed E-state index contributed by atoms with van der Waals surface area (Å²) in [6, 6.07) is 13.4. The highest BCUT2D eigenvalue weighted by Gasteiger charge is 2.33. The van der Waals surface area contributed by atoms with Gasteiger partial charge in [-0.2, -0.15) is 4.31 Å². The van der Waals surface area contributed by atoms with Crippen molar-refractivity contribution in [3.05, 3.63) is 65.5 Å². The Hall–Kier alpha value is -3.17. The average Bonchev–Trinajstić information content (AvgIpc) is 3.53. The molecule has 0 fully saturated rings. The Kier molecular flexibility index (Phi) is 9.83. The summed E-state index contributed by atoms with van der Waals surface area (Å²) in [7, 11) is -4.75. The highest BCUT2D eigenvalue weighted by Crippen LogP contribution is 2.31. The fourth-order valence-electron chi connectivity index (χ4n) is 4.61. The summed E-state index contributed by atoms with van der Waals surface area (Å²) >= 11 is 1.08. The minimum Gasteiger partial charge on any atom is -0.497 e. The van der Waals surface area contributed by atoms with Crippen LogP contribution in [0, 0.1) is 5.92 Å². The molecule has 11 nitrogen and oxygen atoms in total. The van der Waals surface area contributed by atoms with Gasteiger partial charge in [-0.05, 0) is 60.8 Å². The smallest absolute Gasteiger partial charge is 0.271 e. The van der Waals surface area contributed by atoms with Crippen LogP contribution >= 0.6 is 11.3 Å². The minimum absolute atomic E-state index is 0.0305. The molecule has 1 aliphatic rings. The van der Waals surface area contributed by atoms with E-state index in [2.05, 4.69) is 4.72 Å². The highest BCUT2D eigenvalue weighted by atomic mass is 32.2. The molecule has 1 aromatic heterocycles. The molecule has 0 aliphatic carbocycles. The van der Waals surface area contributed by atoms with Crippen LogP contribution in [0.15, 0.2) is 69.1 Å². The predicted molar refractivity (Wildman–Crippen MR) is 160 cm³/mol. The lowest BCUT2D eigenvalue weighted by molar-refractivity contribution is -0.134. The minimum atomic E-state index is -3.89. The van der Waals surface area contributed by atoms with Crippen molar-refractivity contribution in [1.82, 2.24) is 9.21 Å². The van der Waals surface area contributed by atoms with E-state index in [1.54, 1.807) is 53.6 Å². The molecule has 42 heavy (non-hydrogen) atoms. The molecule has 0 spiro atoms. The monoisotopic (exact) mass is 637 g/mol. The summed E-state index contributed by atoms with van der Waals surface area (Å²) < 4.78 is 67.8. The third-order valence-electron chi connectivity index (χ3n) is 7.13. The lowest BCUT2D eigenvalue weighted by Gasteiger charge is -2.33. The number of carbonyl (C=O) groups is 1. The van der Waals surface area contributed by atoms with Crippen LogP contribution in [0.4, 0.5) is 5.69 Å². The third kappa shape index (κ3) is 7.06. The Labute approximate surface area is 250 Å². The molecule has 0 saturated carbocycles. The van der Waals surface area contributed by atoms with Gasteiger partial charge in [-0.15, -0.1) is 11.3 Å². The summed E-state index contributed by atoms with van der Waals surface area (Å²) in [5.41, 5.74) is 0.685. The van der Waals surface area contributed by atoms with Gasteiger partial charge in [0.2, 0.25) is 15.9 Å². The lowest BCUT2D eigenvalue weighted by atomic mass is 10.0. The SMILES string of the molecule is COc1ccc(S(=O)(=O)N(C)C[C@H]2Oc3ccc(NS(=O)(=O)c4cccs4)cc3CC(=O)N([C@@H](C)CO)C[C@@H]2C)cc1. The number of carbonyl (C=O) groups excluding carboxylic acids is 1. The van der Waals surface area contributed by atoms with Crippen molar-refractivity contribution in [2.75, 3.05) is 38.6 Å². The number of amides is 1. The van der Waals surface area contributed by atoms with E-state index in [1.807, 2.05) is 6.92 Å². The van der Waals surface area contributed by atoms with E-state index in [0.717, 1.165) is 11.3 Å². The Morgan fingerprint density at radius 1 is 1.17 bits per heavy atom. The quantitative estimate of drug-likeness (QED) is 0.346. The van der Waals surface area contributed by atoms with Crippen molar-refractivity contribution in [2.45, 2.75) is 41.5 Å². The van der Waals surface area contributed by atoms with Crippen LogP contribution in [0.25, 0.3) is 0 Å². The first-order valence-corrected chi connectivity index (χ1v) is 17.0. The van der Waals surface area contributed by atoms with Crippen LogP contribution in [-0.4, -0.2) is 83.1 Å². The van der Waals surface area contributed by atoms with Crippen LogP contribution < -0.4 is 14.2 Å². The molecule has 0 saturated heterocycles. The molecule has 14 heteroatoms. The van der Waals surface area contributed by atoms with Gasteiger partial charge < -0.3 is 19.5 Å². The van der Waals surface area contributed by atoms with Crippen molar-refractivity contribution in [1.29, 1.82) is 0 Å². The number of anilines is 1. The van der Waals surface area contributed by atoms with E-state index < -0.39 is 32.2 Å². The van der Waals surface area contributed by atoms with E-state index >= 15 is 0 Å². The van der Waals surface area contributed by atoms with Crippen LogP contribution in [0.2, 0.25) is 0 Å². The maximum absolute atomic E-state index is 13.4. The zero-order valence-corrected chi connectivity index (χ0v) is 26.2. The number of nitrogens with one attached hydrogen (secondary N) is 1. The summed E-state index contributed by atoms with van der Waals surface area (Å²) in [6.45, 7) is 3.51. The molecule has 4 rings (SSSR count). The fraction of sp³-hybridized carbons (Fsp3) is 0.393. The van der Waals surface area contributed by atoms with Crippen molar-refractivity contribution in [3.8, 4) is 11.5 Å². The van der Waals surface area contributed by atoms with Gasteiger partial charge in [0.1, 0.15) is 21.8 Å². The van der Waals surface area contributed by atoms with E-state index in [0.29, 0.717) is 17.1 Å². The number of thiophene rings is 1. The molecule has 3 aromatic rings. The number of fused-ring (bicyclic) bond motifs is 1. The number of hydrogen-bond acceptors (Lipinski definition) is 9. The van der Waals surface area contributed by atoms with E-state index in [4.69, 9.17) is 9.47 Å². The molecular formula is C28H35N3O8S3. The maximum Gasteiger partial charge on any atom is 0.271 e. The second kappa shape index (κ2) is 13.0. The van der Waals surface area contributed by atoms with Gasteiger partial charge >= 0.3 is 0 Å². The number of nitrogens with zero attached hydrogens (tertiary/aromatic N) is 2. The normalized spacial score (nSPS) is 18.8. The predicted octanol–water partition coefficient (Wildman–Crippen LogP) is 3.03.